The molecule has 0 fully saturated rings. The van der Waals surface area contributed by atoms with Crippen LogP contribution in [0.5, 0.6) is 0 Å². The normalized spacial score (nSPS) is 12.4. The summed E-state index contributed by atoms with van der Waals surface area (Å²) < 4.78 is 9.65. The standard InChI is InChI=1S/C63H57N3O6S2/c1-71-60(69)57(45-74-63(49-30-14-5-15-31-49,50-32-16-6-17-33-50)51-34-18-7-19-35-51)65-58(67)43-66(59(68)42-64-61(70)72-44-56-54-38-22-20-36-52(54)53-37-21-23-39-55(53)56)40-41-73-62(46-24-8-2-9-25-46,47-26-10-3-11-27-47)48-28-12-4-13-29-48/h2-39,56-57H,40-45H2,1H3,(H,64,70)(H,65,67)/t57-/m0/s1. The summed E-state index contributed by atoms with van der Waals surface area (Å²) in [6.07, 6.45) is -0.753. The minimum Gasteiger partial charge on any atom is -0.467 e. The maximum atomic E-state index is 14.5. The number of alkyl carbamates (subject to hydrolysis) is 1. The molecule has 0 unspecified atom stereocenters. The van der Waals surface area contributed by atoms with E-state index in [2.05, 4.69) is 95.6 Å². The first kappa shape index (κ1) is 51.1. The molecule has 8 aromatic rings. The van der Waals surface area contributed by atoms with E-state index in [1.807, 2.05) is 146 Å². The largest absolute Gasteiger partial charge is 0.467 e. The highest BCUT2D eigenvalue weighted by molar-refractivity contribution is 8.01. The van der Waals surface area contributed by atoms with E-state index in [-0.39, 0.29) is 24.8 Å². The Labute approximate surface area is 441 Å². The van der Waals surface area contributed by atoms with E-state index >= 15 is 0 Å². The third-order valence-electron chi connectivity index (χ3n) is 13.5. The fourth-order valence-corrected chi connectivity index (χ4v) is 13.1. The lowest BCUT2D eigenvalue weighted by atomic mass is 9.84. The topological polar surface area (TPSA) is 114 Å². The first-order valence-corrected chi connectivity index (χ1v) is 26.6. The SMILES string of the molecule is COC(=O)[C@H](CSC(c1ccccc1)(c1ccccc1)c1ccccc1)NC(=O)CN(CCSC(c1ccccc1)(c1ccccc1)c1ccccc1)C(=O)CNC(=O)OCC1c2ccccc2-c2ccccc21. The number of nitrogens with one attached hydrogen (secondary N) is 2. The molecule has 0 bridgehead atoms. The number of carbonyl (C=O) groups excluding carboxylic acids is 4. The Bertz CT molecular complexity index is 2890. The quantitative estimate of drug-likeness (QED) is 0.0540. The summed E-state index contributed by atoms with van der Waals surface area (Å²) in [6.45, 7) is -0.640. The average Bonchev–Trinajstić information content (AvgIpc) is 3.79. The molecule has 8 aromatic carbocycles. The maximum Gasteiger partial charge on any atom is 0.407 e. The van der Waals surface area contributed by atoms with Gasteiger partial charge in [-0.15, -0.1) is 23.5 Å². The van der Waals surface area contributed by atoms with E-state index in [1.54, 1.807) is 11.8 Å². The van der Waals surface area contributed by atoms with Crippen LogP contribution < -0.4 is 10.6 Å². The number of thioether (sulfide) groups is 2. The Morgan fingerprint density at radius 1 is 0.527 bits per heavy atom. The fourth-order valence-electron chi connectivity index (χ4n) is 9.98. The second kappa shape index (κ2) is 24.2. The van der Waals surface area contributed by atoms with Gasteiger partial charge >= 0.3 is 12.1 Å². The molecule has 9 rings (SSSR count). The zero-order valence-corrected chi connectivity index (χ0v) is 42.7. The van der Waals surface area contributed by atoms with Gasteiger partial charge in [0.2, 0.25) is 11.8 Å². The van der Waals surface area contributed by atoms with Crippen molar-refractivity contribution in [2.45, 2.75) is 21.5 Å². The molecule has 0 spiro atoms. The first-order valence-electron chi connectivity index (χ1n) is 24.7. The van der Waals surface area contributed by atoms with E-state index < -0.39 is 52.5 Å². The van der Waals surface area contributed by atoms with Crippen molar-refractivity contribution in [1.29, 1.82) is 0 Å². The Kier molecular flexibility index (Phi) is 16.7. The summed E-state index contributed by atoms with van der Waals surface area (Å²) in [4.78, 5) is 57.7. The summed E-state index contributed by atoms with van der Waals surface area (Å²) in [5.74, 6) is -1.35. The van der Waals surface area contributed by atoms with Gasteiger partial charge in [0.15, 0.2) is 0 Å². The monoisotopic (exact) mass is 1020 g/mol. The van der Waals surface area contributed by atoms with Crippen molar-refractivity contribution in [2.75, 3.05) is 44.9 Å². The number of hydrogen-bond donors (Lipinski definition) is 2. The van der Waals surface area contributed by atoms with Crippen molar-refractivity contribution in [2.24, 2.45) is 0 Å². The molecule has 0 saturated heterocycles. The number of benzene rings is 8. The van der Waals surface area contributed by atoms with Crippen LogP contribution in [0.1, 0.15) is 50.4 Å². The van der Waals surface area contributed by atoms with Crippen LogP contribution >= 0.6 is 23.5 Å². The van der Waals surface area contributed by atoms with E-state index in [9.17, 15) is 19.2 Å². The number of ether oxygens (including phenoxy) is 2. The van der Waals surface area contributed by atoms with Crippen molar-refractivity contribution >= 4 is 47.4 Å². The molecule has 1 aliphatic rings. The Morgan fingerprint density at radius 3 is 1.31 bits per heavy atom. The molecule has 74 heavy (non-hydrogen) atoms. The number of rotatable bonds is 21. The highest BCUT2D eigenvalue weighted by Crippen LogP contribution is 2.50. The zero-order valence-electron chi connectivity index (χ0n) is 41.0. The number of methoxy groups -OCH3 is 1. The lowest BCUT2D eigenvalue weighted by Gasteiger charge is -2.36. The van der Waals surface area contributed by atoms with Crippen molar-refractivity contribution in [3.05, 3.63) is 275 Å². The number of carbonyl (C=O) groups is 4. The van der Waals surface area contributed by atoms with Crippen LogP contribution in [0, 0.1) is 0 Å². The van der Waals surface area contributed by atoms with E-state index in [1.165, 1.54) is 23.8 Å². The molecule has 11 heteroatoms. The van der Waals surface area contributed by atoms with Crippen LogP contribution in [0.25, 0.3) is 11.1 Å². The molecular formula is C63H57N3O6S2. The molecule has 1 aliphatic carbocycles. The Morgan fingerprint density at radius 2 is 0.905 bits per heavy atom. The van der Waals surface area contributed by atoms with Gasteiger partial charge in [-0.2, -0.15) is 0 Å². The minimum atomic E-state index is -1.10. The maximum absolute atomic E-state index is 14.5. The molecule has 1 atom stereocenters. The molecule has 372 valence electrons. The van der Waals surface area contributed by atoms with Crippen LogP contribution in [0.3, 0.4) is 0 Å². The molecule has 0 heterocycles. The van der Waals surface area contributed by atoms with Crippen LogP contribution in [-0.4, -0.2) is 79.7 Å². The van der Waals surface area contributed by atoms with Crippen LogP contribution in [0.15, 0.2) is 231 Å². The zero-order chi connectivity index (χ0) is 51.2. The highest BCUT2D eigenvalue weighted by atomic mass is 32.2. The number of nitrogens with zero attached hydrogens (tertiary/aromatic N) is 1. The molecule has 2 N–H and O–H groups in total. The highest BCUT2D eigenvalue weighted by Gasteiger charge is 2.40. The molecule has 0 radical (unpaired) electrons. The summed E-state index contributed by atoms with van der Waals surface area (Å²) in [5.41, 5.74) is 10.5. The molecule has 0 aliphatic heterocycles. The Balaban J connectivity index is 0.965. The third kappa shape index (κ3) is 11.2. The van der Waals surface area contributed by atoms with Crippen LogP contribution in [0.2, 0.25) is 0 Å². The van der Waals surface area contributed by atoms with Gasteiger partial charge in [-0.25, -0.2) is 9.59 Å². The second-order valence-corrected chi connectivity index (χ2v) is 20.4. The van der Waals surface area contributed by atoms with E-state index in [0.29, 0.717) is 5.75 Å². The molecule has 0 saturated carbocycles. The fraction of sp³-hybridized carbons (Fsp3) is 0.175. The molecule has 9 nitrogen and oxygen atoms in total. The van der Waals surface area contributed by atoms with Gasteiger partial charge in [0.1, 0.15) is 19.2 Å². The number of esters is 1. The number of fused-ring (bicyclic) bond motifs is 3. The van der Waals surface area contributed by atoms with E-state index in [4.69, 9.17) is 9.47 Å². The summed E-state index contributed by atoms with van der Waals surface area (Å²) >= 11 is 3.16. The molecule has 3 amide bonds. The van der Waals surface area contributed by atoms with Crippen LogP contribution in [-0.2, 0) is 33.4 Å². The van der Waals surface area contributed by atoms with Gasteiger partial charge < -0.3 is 25.0 Å². The van der Waals surface area contributed by atoms with Crippen molar-refractivity contribution in [3.63, 3.8) is 0 Å². The minimum absolute atomic E-state index is 0.0738. The smallest absolute Gasteiger partial charge is 0.407 e. The van der Waals surface area contributed by atoms with Gasteiger partial charge in [-0.3, -0.25) is 9.59 Å². The van der Waals surface area contributed by atoms with Gasteiger partial charge in [-0.1, -0.05) is 231 Å². The first-order chi connectivity index (χ1) is 36.3. The summed E-state index contributed by atoms with van der Waals surface area (Å²) in [6, 6.07) is 76.1. The Hall–Kier alpha value is -7.86. The number of amides is 3. The van der Waals surface area contributed by atoms with Crippen molar-refractivity contribution < 1.29 is 28.7 Å². The average molecular weight is 1020 g/mol. The second-order valence-electron chi connectivity index (χ2n) is 17.9. The third-order valence-corrected chi connectivity index (χ3v) is 16.6. The number of hydrogen-bond acceptors (Lipinski definition) is 8. The molecule has 0 aromatic heterocycles. The lowest BCUT2D eigenvalue weighted by Crippen LogP contribution is -2.50. The van der Waals surface area contributed by atoms with Crippen LogP contribution in [0.4, 0.5) is 4.79 Å². The van der Waals surface area contributed by atoms with Gasteiger partial charge in [0.25, 0.3) is 0 Å². The lowest BCUT2D eigenvalue weighted by molar-refractivity contribution is -0.144. The summed E-state index contributed by atoms with van der Waals surface area (Å²) in [5, 5.41) is 5.63. The van der Waals surface area contributed by atoms with Crippen molar-refractivity contribution in [1.82, 2.24) is 15.5 Å². The van der Waals surface area contributed by atoms with E-state index in [0.717, 1.165) is 55.6 Å². The predicted octanol–water partition coefficient (Wildman–Crippen LogP) is 11.5. The van der Waals surface area contributed by atoms with Gasteiger partial charge in [0.05, 0.1) is 23.1 Å². The van der Waals surface area contributed by atoms with Gasteiger partial charge in [0, 0.05) is 24.0 Å². The summed E-state index contributed by atoms with van der Waals surface area (Å²) in [7, 11) is 1.30. The van der Waals surface area contributed by atoms with Crippen molar-refractivity contribution in [3.8, 4) is 11.1 Å². The predicted molar refractivity (Wildman–Crippen MR) is 297 cm³/mol. The van der Waals surface area contributed by atoms with Gasteiger partial charge in [-0.05, 0) is 55.6 Å². The molecular weight excluding hydrogens is 959 g/mol.